The van der Waals surface area contributed by atoms with Crippen molar-refractivity contribution in [1.29, 1.82) is 0 Å². The largest absolute Gasteiger partial charge is 0.324 e. The maximum atomic E-state index is 5.05. The van der Waals surface area contributed by atoms with Gasteiger partial charge in [-0.1, -0.05) is 141 Å². The molecule has 1 heterocycles. The summed E-state index contributed by atoms with van der Waals surface area (Å²) < 4.78 is 0. The lowest BCUT2D eigenvalue weighted by Gasteiger charge is -2.23. The first-order valence-corrected chi connectivity index (χ1v) is 14.9. The molecule has 0 bridgehead atoms. The van der Waals surface area contributed by atoms with Crippen molar-refractivity contribution in [2.45, 2.75) is 25.4 Å². The van der Waals surface area contributed by atoms with E-state index in [9.17, 15) is 0 Å². The van der Waals surface area contributed by atoms with Gasteiger partial charge in [0.05, 0.1) is 0 Å². The number of hydrogen-bond donors (Lipinski definition) is 1. The smallest absolute Gasteiger partial charge is 0.169 e. The molecule has 206 valence electrons. The van der Waals surface area contributed by atoms with Gasteiger partial charge in [-0.15, -0.1) is 0 Å². The van der Waals surface area contributed by atoms with Crippen LogP contribution in [0.4, 0.5) is 0 Å². The molecule has 8 rings (SSSR count). The normalized spacial score (nSPS) is 15.3. The Morgan fingerprint density at radius 3 is 1.72 bits per heavy atom. The highest BCUT2D eigenvalue weighted by Crippen LogP contribution is 2.53. The molecule has 2 aliphatic rings. The Bertz CT molecular complexity index is 2000. The molecule has 1 aliphatic carbocycles. The Morgan fingerprint density at radius 1 is 0.512 bits per heavy atom. The first-order chi connectivity index (χ1) is 21.1. The average molecular weight is 554 g/mol. The third-order valence-electron chi connectivity index (χ3n) is 8.92. The Labute approximate surface area is 252 Å². The molecule has 6 aromatic rings. The third kappa shape index (κ3) is 4.28. The van der Waals surface area contributed by atoms with Crippen LogP contribution < -0.4 is 5.32 Å². The van der Waals surface area contributed by atoms with Crippen molar-refractivity contribution in [2.75, 3.05) is 0 Å². The van der Waals surface area contributed by atoms with Crippen LogP contribution in [0.5, 0.6) is 0 Å². The molecule has 0 unspecified atom stereocenters. The van der Waals surface area contributed by atoms with Gasteiger partial charge >= 0.3 is 0 Å². The summed E-state index contributed by atoms with van der Waals surface area (Å²) in [5, 5.41) is 6.05. The second kappa shape index (κ2) is 9.92. The molecule has 0 radical (unpaired) electrons. The lowest BCUT2D eigenvalue weighted by molar-refractivity contribution is 0.661. The van der Waals surface area contributed by atoms with E-state index >= 15 is 0 Å². The minimum atomic E-state index is -0.340. The van der Waals surface area contributed by atoms with Crippen LogP contribution in [-0.2, 0) is 5.41 Å². The van der Waals surface area contributed by atoms with Gasteiger partial charge in [-0.25, -0.2) is 9.98 Å². The molecule has 1 aliphatic heterocycles. The second-order valence-electron chi connectivity index (χ2n) is 11.9. The van der Waals surface area contributed by atoms with Crippen molar-refractivity contribution in [3.05, 3.63) is 167 Å². The van der Waals surface area contributed by atoms with Gasteiger partial charge in [0.15, 0.2) is 6.17 Å². The molecule has 0 fully saturated rings. The standard InChI is InChI=1S/C40H31N3/c1-40(2)34-19-11-18-32(36(34)33-24-30-16-9-10-17-31(30)25-35(33)40)26-20-22-29(23-21-26)39-42-37(27-12-5-3-6-13-27)41-38(43-39)28-14-7-4-8-15-28/h3-25,39H,1-2H3,(H,41,42,43). The van der Waals surface area contributed by atoms with Gasteiger partial charge in [-0.05, 0) is 61.8 Å². The van der Waals surface area contributed by atoms with Gasteiger partial charge in [0.1, 0.15) is 11.7 Å². The Hall–Kier alpha value is -5.28. The quantitative estimate of drug-likeness (QED) is 0.232. The van der Waals surface area contributed by atoms with Crippen LogP contribution >= 0.6 is 0 Å². The summed E-state index contributed by atoms with van der Waals surface area (Å²) in [5.41, 5.74) is 11.0. The van der Waals surface area contributed by atoms with E-state index in [1.54, 1.807) is 0 Å². The summed E-state index contributed by atoms with van der Waals surface area (Å²) in [6.45, 7) is 4.70. The van der Waals surface area contributed by atoms with E-state index in [-0.39, 0.29) is 11.6 Å². The number of benzene rings is 6. The van der Waals surface area contributed by atoms with Crippen LogP contribution in [-0.4, -0.2) is 11.7 Å². The Morgan fingerprint density at radius 2 is 1.09 bits per heavy atom. The molecule has 43 heavy (non-hydrogen) atoms. The molecule has 0 spiro atoms. The number of fused-ring (bicyclic) bond motifs is 4. The average Bonchev–Trinajstić information content (AvgIpc) is 3.30. The number of hydrogen-bond acceptors (Lipinski definition) is 3. The fraction of sp³-hybridized carbons (Fsp3) is 0.100. The van der Waals surface area contributed by atoms with Crippen molar-refractivity contribution in [2.24, 2.45) is 9.98 Å². The number of rotatable bonds is 4. The molecule has 6 aromatic carbocycles. The van der Waals surface area contributed by atoms with E-state index in [4.69, 9.17) is 9.98 Å². The van der Waals surface area contributed by atoms with E-state index < -0.39 is 0 Å². The van der Waals surface area contributed by atoms with E-state index in [1.807, 2.05) is 36.4 Å². The van der Waals surface area contributed by atoms with Gasteiger partial charge in [0, 0.05) is 16.5 Å². The number of amidine groups is 2. The number of aliphatic imine (C=N–C) groups is 2. The maximum absolute atomic E-state index is 5.05. The zero-order valence-corrected chi connectivity index (χ0v) is 24.3. The summed E-state index contributed by atoms with van der Waals surface area (Å²) in [7, 11) is 0. The van der Waals surface area contributed by atoms with Gasteiger partial charge in [0.2, 0.25) is 0 Å². The number of nitrogens with zero attached hydrogens (tertiary/aromatic N) is 2. The molecule has 3 nitrogen and oxygen atoms in total. The zero-order valence-electron chi connectivity index (χ0n) is 24.3. The highest BCUT2D eigenvalue weighted by Gasteiger charge is 2.37. The molecular formula is C40H31N3. The molecule has 1 N–H and O–H groups in total. The Kier molecular flexibility index (Phi) is 5.87. The van der Waals surface area contributed by atoms with Gasteiger partial charge < -0.3 is 5.32 Å². The lowest BCUT2D eigenvalue weighted by atomic mass is 9.81. The van der Waals surface area contributed by atoms with Gasteiger partial charge in [0.25, 0.3) is 0 Å². The minimum Gasteiger partial charge on any atom is -0.324 e. The highest BCUT2D eigenvalue weighted by atomic mass is 15.2. The maximum Gasteiger partial charge on any atom is 0.169 e. The molecule has 0 atom stereocenters. The lowest BCUT2D eigenvalue weighted by Crippen LogP contribution is -2.35. The summed E-state index contributed by atoms with van der Waals surface area (Å²) in [6.07, 6.45) is -0.340. The van der Waals surface area contributed by atoms with Gasteiger partial charge in [-0.2, -0.15) is 0 Å². The van der Waals surface area contributed by atoms with Gasteiger partial charge in [-0.3, -0.25) is 0 Å². The van der Waals surface area contributed by atoms with Crippen LogP contribution in [0, 0.1) is 0 Å². The molecular weight excluding hydrogens is 522 g/mol. The Balaban J connectivity index is 1.21. The van der Waals surface area contributed by atoms with Crippen LogP contribution in [0.1, 0.15) is 47.8 Å². The van der Waals surface area contributed by atoms with E-state index in [2.05, 4.69) is 122 Å². The third-order valence-corrected chi connectivity index (χ3v) is 8.92. The van der Waals surface area contributed by atoms with Crippen molar-refractivity contribution in [3.8, 4) is 22.3 Å². The monoisotopic (exact) mass is 553 g/mol. The van der Waals surface area contributed by atoms with Crippen LogP contribution in [0.15, 0.2) is 150 Å². The topological polar surface area (TPSA) is 36.8 Å². The van der Waals surface area contributed by atoms with Crippen LogP contribution in [0.25, 0.3) is 33.0 Å². The minimum absolute atomic E-state index is 0.0646. The molecule has 3 heteroatoms. The molecule has 0 amide bonds. The van der Waals surface area contributed by atoms with Crippen molar-refractivity contribution in [1.82, 2.24) is 5.32 Å². The van der Waals surface area contributed by atoms with E-state index in [0.29, 0.717) is 0 Å². The molecule has 0 saturated heterocycles. The van der Waals surface area contributed by atoms with Crippen LogP contribution in [0.2, 0.25) is 0 Å². The van der Waals surface area contributed by atoms with Crippen molar-refractivity contribution < 1.29 is 0 Å². The predicted octanol–water partition coefficient (Wildman–Crippen LogP) is 9.31. The number of nitrogens with one attached hydrogen (secondary N) is 1. The summed E-state index contributed by atoms with van der Waals surface area (Å²) in [6, 6.07) is 49.6. The zero-order chi connectivity index (χ0) is 29.0. The second-order valence-corrected chi connectivity index (χ2v) is 11.9. The van der Waals surface area contributed by atoms with Crippen molar-refractivity contribution >= 4 is 22.4 Å². The first-order valence-electron chi connectivity index (χ1n) is 14.9. The summed E-state index contributed by atoms with van der Waals surface area (Å²) in [5.74, 6) is 1.66. The SMILES string of the molecule is CC1(C)c2cc3ccccc3cc2-c2c(-c3ccc(C4N=C(c5ccccc5)NC(c5ccccc5)=N4)cc3)cccc21. The first kappa shape index (κ1) is 25.4. The van der Waals surface area contributed by atoms with E-state index in [0.717, 1.165) is 28.4 Å². The predicted molar refractivity (Wildman–Crippen MR) is 179 cm³/mol. The van der Waals surface area contributed by atoms with Crippen LogP contribution in [0.3, 0.4) is 0 Å². The fourth-order valence-corrected chi connectivity index (χ4v) is 6.63. The van der Waals surface area contributed by atoms with E-state index in [1.165, 1.54) is 44.2 Å². The fourth-order valence-electron chi connectivity index (χ4n) is 6.63. The molecule has 0 aromatic heterocycles. The highest BCUT2D eigenvalue weighted by molar-refractivity contribution is 6.15. The summed E-state index contributed by atoms with van der Waals surface area (Å²) >= 11 is 0. The molecule has 0 saturated carbocycles. The van der Waals surface area contributed by atoms with Crippen molar-refractivity contribution in [3.63, 3.8) is 0 Å². The summed E-state index contributed by atoms with van der Waals surface area (Å²) in [4.78, 5) is 10.1.